The van der Waals surface area contributed by atoms with Gasteiger partial charge in [0, 0.05) is 62.0 Å². The highest BCUT2D eigenvalue weighted by molar-refractivity contribution is 5.93. The summed E-state index contributed by atoms with van der Waals surface area (Å²) in [6.07, 6.45) is 8.90. The van der Waals surface area contributed by atoms with Crippen LogP contribution < -0.4 is 9.64 Å². The van der Waals surface area contributed by atoms with Crippen LogP contribution in [0.4, 0.5) is 5.95 Å². The third kappa shape index (κ3) is 5.06. The van der Waals surface area contributed by atoms with E-state index in [2.05, 4.69) is 14.9 Å². The van der Waals surface area contributed by atoms with Crippen LogP contribution in [0.15, 0.2) is 85.3 Å². The molecule has 8 nitrogen and oxygen atoms in total. The van der Waals surface area contributed by atoms with Crippen LogP contribution in [-0.4, -0.2) is 63.8 Å². The molecule has 4 aromatic rings. The van der Waals surface area contributed by atoms with E-state index < -0.39 is 0 Å². The fourth-order valence-electron chi connectivity index (χ4n) is 4.04. The predicted octanol–water partition coefficient (Wildman–Crippen LogP) is 3.70. The number of piperazine rings is 1. The number of benzene rings is 2. The smallest absolute Gasteiger partial charge is 0.246 e. The van der Waals surface area contributed by atoms with Crippen LogP contribution in [0, 0.1) is 0 Å². The van der Waals surface area contributed by atoms with E-state index >= 15 is 0 Å². The molecule has 0 saturated carbocycles. The zero-order valence-corrected chi connectivity index (χ0v) is 19.5. The topological polar surface area (TPSA) is 76.4 Å². The summed E-state index contributed by atoms with van der Waals surface area (Å²) >= 11 is 0. The highest BCUT2D eigenvalue weighted by atomic mass is 16.5. The van der Waals surface area contributed by atoms with Gasteiger partial charge in [0.2, 0.25) is 11.9 Å². The Labute approximate surface area is 204 Å². The lowest BCUT2D eigenvalue weighted by Gasteiger charge is -2.34. The van der Waals surface area contributed by atoms with Crippen LogP contribution in [-0.2, 0) is 4.79 Å². The van der Waals surface area contributed by atoms with Gasteiger partial charge in [-0.1, -0.05) is 18.2 Å². The predicted molar refractivity (Wildman–Crippen MR) is 135 cm³/mol. The highest BCUT2D eigenvalue weighted by Gasteiger charge is 2.21. The van der Waals surface area contributed by atoms with Crippen LogP contribution in [0.2, 0.25) is 0 Å². The van der Waals surface area contributed by atoms with Gasteiger partial charge in [-0.25, -0.2) is 14.6 Å². The second-order valence-electron chi connectivity index (χ2n) is 8.14. The summed E-state index contributed by atoms with van der Waals surface area (Å²) in [5, 5.41) is 4.82. The number of methoxy groups -OCH3 is 1. The summed E-state index contributed by atoms with van der Waals surface area (Å²) in [4.78, 5) is 25.5. The second-order valence-corrected chi connectivity index (χ2v) is 8.14. The molecule has 0 atom stereocenters. The van der Waals surface area contributed by atoms with E-state index in [1.54, 1.807) is 31.6 Å². The minimum Gasteiger partial charge on any atom is -0.497 e. The van der Waals surface area contributed by atoms with Gasteiger partial charge in [0.25, 0.3) is 0 Å². The monoisotopic (exact) mass is 466 g/mol. The zero-order valence-electron chi connectivity index (χ0n) is 19.5. The highest BCUT2D eigenvalue weighted by Crippen LogP contribution is 2.27. The number of ether oxygens (including phenoxy) is 1. The van der Waals surface area contributed by atoms with Crippen LogP contribution in [0.5, 0.6) is 5.75 Å². The number of nitrogens with zero attached hydrogens (tertiary/aromatic N) is 6. The third-order valence-corrected chi connectivity index (χ3v) is 5.96. The number of para-hydroxylation sites is 1. The van der Waals surface area contributed by atoms with Gasteiger partial charge >= 0.3 is 0 Å². The minimum atomic E-state index is -0.0215. The maximum atomic E-state index is 13.0. The first-order valence-corrected chi connectivity index (χ1v) is 11.5. The number of anilines is 1. The molecule has 0 bridgehead atoms. The first-order chi connectivity index (χ1) is 17.2. The summed E-state index contributed by atoms with van der Waals surface area (Å²) in [6.45, 7) is 2.64. The van der Waals surface area contributed by atoms with E-state index in [1.807, 2.05) is 76.5 Å². The van der Waals surface area contributed by atoms with Gasteiger partial charge in [0.05, 0.1) is 18.5 Å². The van der Waals surface area contributed by atoms with E-state index in [9.17, 15) is 4.79 Å². The van der Waals surface area contributed by atoms with Crippen molar-refractivity contribution < 1.29 is 9.53 Å². The van der Waals surface area contributed by atoms with Crippen molar-refractivity contribution in [3.8, 4) is 22.7 Å². The number of aromatic nitrogens is 4. The molecule has 0 spiro atoms. The Balaban J connectivity index is 1.35. The van der Waals surface area contributed by atoms with Gasteiger partial charge in [-0.2, -0.15) is 5.10 Å². The quantitative estimate of drug-likeness (QED) is 0.404. The van der Waals surface area contributed by atoms with Crippen molar-refractivity contribution in [2.45, 2.75) is 0 Å². The molecule has 0 N–H and O–H groups in total. The van der Waals surface area contributed by atoms with Gasteiger partial charge in [-0.15, -0.1) is 0 Å². The largest absolute Gasteiger partial charge is 0.497 e. The average Bonchev–Trinajstić information content (AvgIpc) is 3.37. The Kier molecular flexibility index (Phi) is 6.52. The van der Waals surface area contributed by atoms with Crippen molar-refractivity contribution in [2.75, 3.05) is 38.2 Å². The molecule has 8 heteroatoms. The van der Waals surface area contributed by atoms with Crippen LogP contribution >= 0.6 is 0 Å². The summed E-state index contributed by atoms with van der Waals surface area (Å²) < 4.78 is 7.13. The van der Waals surface area contributed by atoms with Crippen molar-refractivity contribution in [1.29, 1.82) is 0 Å². The molecule has 1 aliphatic rings. The van der Waals surface area contributed by atoms with E-state index in [0.717, 1.165) is 28.3 Å². The standard InChI is InChI=1S/C27H26N6O2/c1-35-24-11-8-21(9-12-24)26-22(20-33(30-26)23-6-3-2-4-7-23)10-13-25(34)31-16-18-32(19-17-31)27-28-14-5-15-29-27/h2-15,20H,16-19H2,1H3/b13-10+. The van der Waals surface area contributed by atoms with Gasteiger partial charge in [0.15, 0.2) is 0 Å². The molecule has 1 aliphatic heterocycles. The van der Waals surface area contributed by atoms with Gasteiger partial charge in [-0.05, 0) is 48.5 Å². The number of hydrogen-bond acceptors (Lipinski definition) is 6. The van der Waals surface area contributed by atoms with Crippen LogP contribution in [0.3, 0.4) is 0 Å². The lowest BCUT2D eigenvalue weighted by Crippen LogP contribution is -2.48. The average molecular weight is 467 g/mol. The van der Waals surface area contributed by atoms with E-state index in [4.69, 9.17) is 9.84 Å². The minimum absolute atomic E-state index is 0.0215. The number of amides is 1. The van der Waals surface area contributed by atoms with Crippen molar-refractivity contribution >= 4 is 17.9 Å². The lowest BCUT2D eigenvalue weighted by molar-refractivity contribution is -0.126. The second kappa shape index (κ2) is 10.2. The number of carbonyl (C=O) groups excluding carboxylic acids is 1. The van der Waals surface area contributed by atoms with Gasteiger partial charge < -0.3 is 14.5 Å². The molecule has 1 amide bonds. The summed E-state index contributed by atoms with van der Waals surface area (Å²) in [6, 6.07) is 19.5. The molecular weight excluding hydrogens is 440 g/mol. The Bertz CT molecular complexity index is 1290. The zero-order chi connectivity index (χ0) is 24.0. The molecule has 0 radical (unpaired) electrons. The SMILES string of the molecule is COc1ccc(-c2nn(-c3ccccc3)cc2/C=C/C(=O)N2CCN(c3ncccn3)CC2)cc1. The van der Waals surface area contributed by atoms with Crippen LogP contribution in [0.1, 0.15) is 5.56 Å². The first-order valence-electron chi connectivity index (χ1n) is 11.5. The van der Waals surface area contributed by atoms with E-state index in [0.29, 0.717) is 32.1 Å². The molecule has 1 saturated heterocycles. The molecule has 5 rings (SSSR count). The van der Waals surface area contributed by atoms with Gasteiger partial charge in [0.1, 0.15) is 5.75 Å². The Hall–Kier alpha value is -4.46. The van der Waals surface area contributed by atoms with Crippen molar-refractivity contribution in [1.82, 2.24) is 24.6 Å². The van der Waals surface area contributed by atoms with Crippen molar-refractivity contribution in [3.05, 3.63) is 90.9 Å². The Morgan fingerprint density at radius 2 is 1.63 bits per heavy atom. The fourth-order valence-corrected chi connectivity index (χ4v) is 4.04. The lowest BCUT2D eigenvalue weighted by atomic mass is 10.1. The number of rotatable bonds is 6. The molecular formula is C27H26N6O2. The molecule has 0 unspecified atom stereocenters. The summed E-state index contributed by atoms with van der Waals surface area (Å²) in [5.74, 6) is 1.46. The molecule has 2 aromatic carbocycles. The molecule has 0 aliphatic carbocycles. The van der Waals surface area contributed by atoms with Gasteiger partial charge in [-0.3, -0.25) is 4.79 Å². The van der Waals surface area contributed by atoms with Crippen molar-refractivity contribution in [3.63, 3.8) is 0 Å². The molecule has 35 heavy (non-hydrogen) atoms. The number of carbonyl (C=O) groups is 1. The maximum absolute atomic E-state index is 13.0. The fraction of sp³-hybridized carbons (Fsp3) is 0.185. The summed E-state index contributed by atoms with van der Waals surface area (Å²) in [5.41, 5.74) is 3.56. The molecule has 2 aromatic heterocycles. The van der Waals surface area contributed by atoms with Crippen molar-refractivity contribution in [2.24, 2.45) is 0 Å². The first kappa shape index (κ1) is 22.3. The Morgan fingerprint density at radius 1 is 0.914 bits per heavy atom. The summed E-state index contributed by atoms with van der Waals surface area (Å²) in [7, 11) is 1.64. The molecule has 176 valence electrons. The Morgan fingerprint density at radius 3 is 2.31 bits per heavy atom. The molecule has 3 heterocycles. The van der Waals surface area contributed by atoms with E-state index in [1.165, 1.54) is 0 Å². The number of hydrogen-bond donors (Lipinski definition) is 0. The third-order valence-electron chi connectivity index (χ3n) is 5.96. The van der Waals surface area contributed by atoms with Crippen LogP contribution in [0.25, 0.3) is 23.0 Å². The maximum Gasteiger partial charge on any atom is 0.246 e. The molecule has 1 fully saturated rings. The normalized spacial score (nSPS) is 13.9. The van der Waals surface area contributed by atoms with E-state index in [-0.39, 0.29) is 5.91 Å².